The number of nitrogens with one attached hydrogen (secondary N) is 1. The molecule has 3 nitrogen and oxygen atoms in total. The molecule has 0 radical (unpaired) electrons. The van der Waals surface area contributed by atoms with Gasteiger partial charge in [0.1, 0.15) is 5.75 Å². The zero-order valence-corrected chi connectivity index (χ0v) is 9.67. The van der Waals surface area contributed by atoms with Crippen molar-refractivity contribution < 1.29 is 4.74 Å². The summed E-state index contributed by atoms with van der Waals surface area (Å²) in [7, 11) is 1.67. The third kappa shape index (κ3) is 1.77. The molecule has 14 heavy (non-hydrogen) atoms. The minimum Gasteiger partial charge on any atom is -0.495 e. The normalized spacial score (nSPS) is 21.1. The Bertz CT molecular complexity index is 324. The second-order valence-electron chi connectivity index (χ2n) is 3.36. The maximum Gasteiger partial charge on any atom is 0.136 e. The van der Waals surface area contributed by atoms with Gasteiger partial charge in [0.2, 0.25) is 0 Å². The summed E-state index contributed by atoms with van der Waals surface area (Å²) in [6.45, 7) is 1.08. The molecule has 1 aliphatic rings. The van der Waals surface area contributed by atoms with Gasteiger partial charge in [0.25, 0.3) is 0 Å². The largest absolute Gasteiger partial charge is 0.495 e. The van der Waals surface area contributed by atoms with Gasteiger partial charge in [0.05, 0.1) is 23.3 Å². The highest BCUT2D eigenvalue weighted by Gasteiger charge is 2.21. The Morgan fingerprint density at radius 2 is 2.50 bits per heavy atom. The van der Waals surface area contributed by atoms with Crippen LogP contribution in [0.25, 0.3) is 0 Å². The van der Waals surface area contributed by atoms with Crippen LogP contribution in [0.1, 0.15) is 24.6 Å². The van der Waals surface area contributed by atoms with E-state index in [1.54, 1.807) is 13.3 Å². The van der Waals surface area contributed by atoms with Crippen molar-refractivity contribution in [3.05, 3.63) is 22.4 Å². The van der Waals surface area contributed by atoms with Crippen molar-refractivity contribution in [1.29, 1.82) is 0 Å². The molecule has 4 heteroatoms. The molecular weight excluding hydrogens is 244 g/mol. The van der Waals surface area contributed by atoms with E-state index in [0.29, 0.717) is 6.04 Å². The summed E-state index contributed by atoms with van der Waals surface area (Å²) in [6, 6.07) is 2.24. The first-order valence-corrected chi connectivity index (χ1v) is 5.54. The fraction of sp³-hybridized carbons (Fsp3) is 0.500. The van der Waals surface area contributed by atoms with Crippen molar-refractivity contribution >= 4 is 15.9 Å². The van der Waals surface area contributed by atoms with E-state index in [-0.39, 0.29) is 0 Å². The molecule has 1 atom stereocenters. The van der Waals surface area contributed by atoms with Gasteiger partial charge in [0.15, 0.2) is 0 Å². The number of aromatic nitrogens is 1. The molecule has 1 fully saturated rings. The quantitative estimate of drug-likeness (QED) is 0.882. The van der Waals surface area contributed by atoms with Crippen LogP contribution in [0.4, 0.5) is 0 Å². The number of nitrogens with zero attached hydrogens (tertiary/aromatic N) is 1. The number of pyridine rings is 1. The first-order chi connectivity index (χ1) is 6.83. The fourth-order valence-corrected chi connectivity index (χ4v) is 2.43. The van der Waals surface area contributed by atoms with E-state index in [1.807, 2.05) is 6.07 Å². The van der Waals surface area contributed by atoms with Gasteiger partial charge in [-0.05, 0) is 41.4 Å². The highest BCUT2D eigenvalue weighted by Crippen LogP contribution is 2.33. The SMILES string of the molecule is COc1ccnc(C2CCCN2)c1Br. The van der Waals surface area contributed by atoms with Crippen molar-refractivity contribution in [3.8, 4) is 5.75 Å². The van der Waals surface area contributed by atoms with E-state index in [1.165, 1.54) is 6.42 Å². The number of hydrogen-bond acceptors (Lipinski definition) is 3. The highest BCUT2D eigenvalue weighted by molar-refractivity contribution is 9.10. The van der Waals surface area contributed by atoms with Crippen molar-refractivity contribution in [2.75, 3.05) is 13.7 Å². The second kappa shape index (κ2) is 4.28. The van der Waals surface area contributed by atoms with Gasteiger partial charge in [-0.1, -0.05) is 0 Å². The molecule has 1 saturated heterocycles. The molecule has 1 aromatic rings. The number of hydrogen-bond donors (Lipinski definition) is 1. The van der Waals surface area contributed by atoms with Crippen LogP contribution in [0.15, 0.2) is 16.7 Å². The van der Waals surface area contributed by atoms with Crippen LogP contribution >= 0.6 is 15.9 Å². The fourth-order valence-electron chi connectivity index (χ4n) is 1.76. The van der Waals surface area contributed by atoms with Gasteiger partial charge in [-0.15, -0.1) is 0 Å². The minimum absolute atomic E-state index is 0.375. The molecule has 1 unspecified atom stereocenters. The molecule has 0 aliphatic carbocycles. The average Bonchev–Trinajstić information content (AvgIpc) is 2.71. The Morgan fingerprint density at radius 3 is 3.14 bits per heavy atom. The monoisotopic (exact) mass is 256 g/mol. The lowest BCUT2D eigenvalue weighted by atomic mass is 10.1. The topological polar surface area (TPSA) is 34.1 Å². The Kier molecular flexibility index (Phi) is 3.03. The molecular formula is C10H13BrN2O. The molecule has 0 saturated carbocycles. The number of halogens is 1. The van der Waals surface area contributed by atoms with Crippen molar-refractivity contribution in [2.24, 2.45) is 0 Å². The van der Waals surface area contributed by atoms with Crippen LogP contribution in [0.3, 0.4) is 0 Å². The molecule has 76 valence electrons. The Balaban J connectivity index is 2.32. The zero-order chi connectivity index (χ0) is 9.97. The number of ether oxygens (including phenoxy) is 1. The Hall–Kier alpha value is -0.610. The first kappa shape index (κ1) is 9.93. The van der Waals surface area contributed by atoms with Gasteiger partial charge >= 0.3 is 0 Å². The lowest BCUT2D eigenvalue weighted by Gasteiger charge is -2.13. The van der Waals surface area contributed by atoms with Crippen LogP contribution < -0.4 is 10.1 Å². The molecule has 1 N–H and O–H groups in total. The second-order valence-corrected chi connectivity index (χ2v) is 4.15. The standard InChI is InChI=1S/C10H13BrN2O/c1-14-8-4-6-13-10(9(8)11)7-3-2-5-12-7/h4,6-7,12H,2-3,5H2,1H3. The van der Waals surface area contributed by atoms with Gasteiger partial charge in [0, 0.05) is 6.20 Å². The van der Waals surface area contributed by atoms with Crippen LogP contribution in [-0.4, -0.2) is 18.6 Å². The maximum absolute atomic E-state index is 5.23. The van der Waals surface area contributed by atoms with Gasteiger partial charge in [-0.3, -0.25) is 4.98 Å². The summed E-state index contributed by atoms with van der Waals surface area (Å²) < 4.78 is 6.20. The first-order valence-electron chi connectivity index (χ1n) is 4.74. The molecule has 2 heterocycles. The smallest absolute Gasteiger partial charge is 0.136 e. The predicted octanol–water partition coefficient (Wildman–Crippen LogP) is 2.28. The number of rotatable bonds is 2. The minimum atomic E-state index is 0.375. The van der Waals surface area contributed by atoms with Crippen molar-refractivity contribution in [3.63, 3.8) is 0 Å². The van der Waals surface area contributed by atoms with Crippen LogP contribution in [0.2, 0.25) is 0 Å². The van der Waals surface area contributed by atoms with E-state index in [2.05, 4.69) is 26.2 Å². The van der Waals surface area contributed by atoms with Crippen molar-refractivity contribution in [1.82, 2.24) is 10.3 Å². The zero-order valence-electron chi connectivity index (χ0n) is 8.09. The van der Waals surface area contributed by atoms with E-state index in [9.17, 15) is 0 Å². The lowest BCUT2D eigenvalue weighted by molar-refractivity contribution is 0.409. The van der Waals surface area contributed by atoms with Gasteiger partial charge in [-0.2, -0.15) is 0 Å². The van der Waals surface area contributed by atoms with Crippen LogP contribution in [0, 0.1) is 0 Å². The van der Waals surface area contributed by atoms with Crippen LogP contribution in [0.5, 0.6) is 5.75 Å². The molecule has 1 aromatic heterocycles. The summed E-state index contributed by atoms with van der Waals surface area (Å²) in [5.41, 5.74) is 1.06. The Morgan fingerprint density at radius 1 is 1.64 bits per heavy atom. The molecule has 0 aromatic carbocycles. The maximum atomic E-state index is 5.23. The van der Waals surface area contributed by atoms with Crippen LogP contribution in [-0.2, 0) is 0 Å². The summed E-state index contributed by atoms with van der Waals surface area (Å²) >= 11 is 3.52. The molecule has 0 bridgehead atoms. The molecule has 0 amide bonds. The van der Waals surface area contributed by atoms with E-state index in [4.69, 9.17) is 4.74 Å². The summed E-state index contributed by atoms with van der Waals surface area (Å²) in [6.07, 6.45) is 4.16. The molecule has 0 spiro atoms. The van der Waals surface area contributed by atoms with Gasteiger partial charge in [-0.25, -0.2) is 0 Å². The van der Waals surface area contributed by atoms with Gasteiger partial charge < -0.3 is 10.1 Å². The van der Waals surface area contributed by atoms with E-state index in [0.717, 1.165) is 28.9 Å². The third-order valence-corrected chi connectivity index (χ3v) is 3.29. The molecule has 2 rings (SSSR count). The predicted molar refractivity (Wildman–Crippen MR) is 58.5 cm³/mol. The highest BCUT2D eigenvalue weighted by atomic mass is 79.9. The van der Waals surface area contributed by atoms with E-state index < -0.39 is 0 Å². The molecule has 1 aliphatic heterocycles. The summed E-state index contributed by atoms with van der Waals surface area (Å²) in [5.74, 6) is 0.851. The summed E-state index contributed by atoms with van der Waals surface area (Å²) in [4.78, 5) is 4.38. The van der Waals surface area contributed by atoms with E-state index >= 15 is 0 Å². The average molecular weight is 257 g/mol. The number of methoxy groups -OCH3 is 1. The van der Waals surface area contributed by atoms with Crippen molar-refractivity contribution in [2.45, 2.75) is 18.9 Å². The third-order valence-electron chi connectivity index (χ3n) is 2.49. The summed E-state index contributed by atoms with van der Waals surface area (Å²) in [5, 5.41) is 3.42. The Labute approximate surface area is 92.0 Å². The lowest BCUT2D eigenvalue weighted by Crippen LogP contribution is -2.14.